The van der Waals surface area contributed by atoms with E-state index in [-0.39, 0.29) is 0 Å². The van der Waals surface area contributed by atoms with E-state index >= 15 is 0 Å². The van der Waals surface area contributed by atoms with Gasteiger partial charge in [0.25, 0.3) is 0 Å². The number of hydrogen-bond acceptors (Lipinski definition) is 2. The Balaban J connectivity index is 1.97. The van der Waals surface area contributed by atoms with Crippen molar-refractivity contribution in [2.24, 2.45) is 0 Å². The van der Waals surface area contributed by atoms with E-state index in [9.17, 15) is 0 Å². The molecule has 2 nitrogen and oxygen atoms in total. The van der Waals surface area contributed by atoms with Crippen molar-refractivity contribution in [3.63, 3.8) is 0 Å². The average Bonchev–Trinajstić information content (AvgIpc) is 2.33. The van der Waals surface area contributed by atoms with Crippen molar-refractivity contribution < 1.29 is 4.74 Å². The summed E-state index contributed by atoms with van der Waals surface area (Å²) >= 11 is 0. The van der Waals surface area contributed by atoms with Gasteiger partial charge in [-0.25, -0.2) is 0 Å². The van der Waals surface area contributed by atoms with Gasteiger partial charge in [0.2, 0.25) is 0 Å². The molecule has 0 N–H and O–H groups in total. The molecule has 1 aromatic carbocycles. The first-order valence-corrected chi connectivity index (χ1v) is 6.19. The van der Waals surface area contributed by atoms with E-state index in [1.807, 2.05) is 0 Å². The predicted molar refractivity (Wildman–Crippen MR) is 66.3 cm³/mol. The summed E-state index contributed by atoms with van der Waals surface area (Å²) in [5.41, 5.74) is 1.39. The van der Waals surface area contributed by atoms with Crippen LogP contribution in [0.15, 0.2) is 30.3 Å². The van der Waals surface area contributed by atoms with E-state index in [1.54, 1.807) is 0 Å². The fourth-order valence-corrected chi connectivity index (χ4v) is 2.16. The molecule has 2 atom stereocenters. The average molecular weight is 219 g/mol. The van der Waals surface area contributed by atoms with Crippen molar-refractivity contribution in [2.75, 3.05) is 13.2 Å². The maximum Gasteiger partial charge on any atom is 0.0700 e. The molecule has 88 valence electrons. The minimum Gasteiger partial charge on any atom is -0.375 e. The summed E-state index contributed by atoms with van der Waals surface area (Å²) in [5, 5.41) is 0. The molecule has 1 unspecified atom stereocenters. The molecular weight excluding hydrogens is 198 g/mol. The summed E-state index contributed by atoms with van der Waals surface area (Å²) in [6.07, 6.45) is 1.53. The standard InChI is InChI=1S/C14H21NO/c1-3-14-10-15(12(2)11-16-14)9-13-7-5-4-6-8-13/h4-8,12,14H,3,9-11H2,1-2H3/t12-,14?/m1/s1. The van der Waals surface area contributed by atoms with Crippen molar-refractivity contribution in [1.29, 1.82) is 0 Å². The van der Waals surface area contributed by atoms with Crippen LogP contribution < -0.4 is 0 Å². The summed E-state index contributed by atoms with van der Waals surface area (Å²) < 4.78 is 5.77. The lowest BCUT2D eigenvalue weighted by Gasteiger charge is -2.37. The first-order chi connectivity index (χ1) is 7.79. The lowest BCUT2D eigenvalue weighted by molar-refractivity contribution is -0.0623. The van der Waals surface area contributed by atoms with Gasteiger partial charge in [-0.1, -0.05) is 37.3 Å². The van der Waals surface area contributed by atoms with Gasteiger partial charge in [-0.05, 0) is 18.9 Å². The summed E-state index contributed by atoms with van der Waals surface area (Å²) in [4.78, 5) is 2.52. The molecule has 1 aliphatic rings. The number of nitrogens with zero attached hydrogens (tertiary/aromatic N) is 1. The molecule has 0 saturated carbocycles. The highest BCUT2D eigenvalue weighted by molar-refractivity contribution is 5.14. The highest BCUT2D eigenvalue weighted by Gasteiger charge is 2.24. The molecule has 1 aromatic rings. The van der Waals surface area contributed by atoms with Crippen molar-refractivity contribution in [2.45, 2.75) is 39.0 Å². The third-order valence-corrected chi connectivity index (χ3v) is 3.32. The molecule has 0 aromatic heterocycles. The van der Waals surface area contributed by atoms with Crippen molar-refractivity contribution in [3.05, 3.63) is 35.9 Å². The highest BCUT2D eigenvalue weighted by atomic mass is 16.5. The van der Waals surface area contributed by atoms with Crippen LogP contribution in [0, 0.1) is 0 Å². The van der Waals surface area contributed by atoms with Crippen LogP contribution in [-0.2, 0) is 11.3 Å². The van der Waals surface area contributed by atoms with Gasteiger partial charge >= 0.3 is 0 Å². The molecule has 2 heteroatoms. The summed E-state index contributed by atoms with van der Waals surface area (Å²) in [6, 6.07) is 11.2. The molecule has 16 heavy (non-hydrogen) atoms. The normalized spacial score (nSPS) is 26.9. The van der Waals surface area contributed by atoms with E-state index < -0.39 is 0 Å². The van der Waals surface area contributed by atoms with Gasteiger partial charge in [-0.2, -0.15) is 0 Å². The van der Waals surface area contributed by atoms with Gasteiger partial charge in [0.1, 0.15) is 0 Å². The van der Waals surface area contributed by atoms with Gasteiger partial charge in [0.15, 0.2) is 0 Å². The molecule has 0 amide bonds. The highest BCUT2D eigenvalue weighted by Crippen LogP contribution is 2.16. The molecular formula is C14H21NO. The first kappa shape index (κ1) is 11.6. The van der Waals surface area contributed by atoms with Gasteiger partial charge in [-0.15, -0.1) is 0 Å². The molecule has 0 radical (unpaired) electrons. The third kappa shape index (κ3) is 2.83. The Morgan fingerprint density at radius 1 is 1.31 bits per heavy atom. The Morgan fingerprint density at radius 2 is 2.06 bits per heavy atom. The van der Waals surface area contributed by atoms with Crippen molar-refractivity contribution >= 4 is 0 Å². The summed E-state index contributed by atoms with van der Waals surface area (Å²) in [6.45, 7) is 7.41. The Kier molecular flexibility index (Phi) is 3.97. The second-order valence-corrected chi connectivity index (χ2v) is 4.63. The van der Waals surface area contributed by atoms with E-state index in [4.69, 9.17) is 4.74 Å². The first-order valence-electron chi connectivity index (χ1n) is 6.19. The van der Waals surface area contributed by atoms with Gasteiger partial charge in [0.05, 0.1) is 12.7 Å². The van der Waals surface area contributed by atoms with Crippen molar-refractivity contribution in [1.82, 2.24) is 4.90 Å². The van der Waals surface area contributed by atoms with Crippen LogP contribution in [0.4, 0.5) is 0 Å². The Morgan fingerprint density at radius 3 is 2.75 bits per heavy atom. The second kappa shape index (κ2) is 5.46. The summed E-state index contributed by atoms with van der Waals surface area (Å²) in [7, 11) is 0. The second-order valence-electron chi connectivity index (χ2n) is 4.63. The monoisotopic (exact) mass is 219 g/mol. The van der Waals surface area contributed by atoms with E-state index in [0.717, 1.165) is 26.1 Å². The Labute approximate surface area is 98.2 Å². The number of ether oxygens (including phenoxy) is 1. The zero-order chi connectivity index (χ0) is 11.4. The lowest BCUT2D eigenvalue weighted by atomic mass is 10.1. The van der Waals surface area contributed by atoms with Gasteiger partial charge in [-0.3, -0.25) is 4.90 Å². The molecule has 1 heterocycles. The molecule has 2 rings (SSSR count). The minimum absolute atomic E-state index is 0.417. The number of rotatable bonds is 3. The molecule has 0 spiro atoms. The maximum atomic E-state index is 5.77. The molecule has 1 saturated heterocycles. The fourth-order valence-electron chi connectivity index (χ4n) is 2.16. The minimum atomic E-state index is 0.417. The molecule has 0 aliphatic carbocycles. The number of hydrogen-bond donors (Lipinski definition) is 0. The van der Waals surface area contributed by atoms with Crippen LogP contribution >= 0.6 is 0 Å². The smallest absolute Gasteiger partial charge is 0.0700 e. The topological polar surface area (TPSA) is 12.5 Å². The SMILES string of the molecule is CCC1CN(Cc2ccccc2)[C@H](C)CO1. The summed E-state index contributed by atoms with van der Waals surface area (Å²) in [5.74, 6) is 0. The van der Waals surface area contributed by atoms with E-state index in [1.165, 1.54) is 5.56 Å². The number of morpholine rings is 1. The van der Waals surface area contributed by atoms with Crippen LogP contribution in [0.3, 0.4) is 0 Å². The predicted octanol–water partition coefficient (Wildman–Crippen LogP) is 2.69. The molecule has 0 bridgehead atoms. The molecule has 1 fully saturated rings. The van der Waals surface area contributed by atoms with Crippen LogP contribution in [0.5, 0.6) is 0 Å². The zero-order valence-electron chi connectivity index (χ0n) is 10.2. The fraction of sp³-hybridized carbons (Fsp3) is 0.571. The third-order valence-electron chi connectivity index (χ3n) is 3.32. The van der Waals surface area contributed by atoms with Crippen LogP contribution in [0.2, 0.25) is 0 Å². The lowest BCUT2D eigenvalue weighted by Crippen LogP contribution is -2.47. The zero-order valence-corrected chi connectivity index (χ0v) is 10.2. The Hall–Kier alpha value is -0.860. The molecule has 1 aliphatic heterocycles. The van der Waals surface area contributed by atoms with Gasteiger partial charge in [0, 0.05) is 19.1 Å². The maximum absolute atomic E-state index is 5.77. The van der Waals surface area contributed by atoms with Crippen LogP contribution in [0.25, 0.3) is 0 Å². The van der Waals surface area contributed by atoms with Crippen molar-refractivity contribution in [3.8, 4) is 0 Å². The van der Waals surface area contributed by atoms with Gasteiger partial charge < -0.3 is 4.74 Å². The number of benzene rings is 1. The quantitative estimate of drug-likeness (QED) is 0.775. The Bertz CT molecular complexity index is 312. The van der Waals surface area contributed by atoms with E-state index in [0.29, 0.717) is 12.1 Å². The van der Waals surface area contributed by atoms with E-state index in [2.05, 4.69) is 49.1 Å². The van der Waals surface area contributed by atoms with Crippen LogP contribution in [-0.4, -0.2) is 30.2 Å². The van der Waals surface area contributed by atoms with Crippen LogP contribution in [0.1, 0.15) is 25.8 Å². The largest absolute Gasteiger partial charge is 0.375 e.